The van der Waals surface area contributed by atoms with Crippen LogP contribution in [-0.2, 0) is 4.79 Å². The summed E-state index contributed by atoms with van der Waals surface area (Å²) in [6.07, 6.45) is 6.01. The van der Waals surface area contributed by atoms with Gasteiger partial charge >= 0.3 is 0 Å². The molecule has 1 rings (SSSR count). The van der Waals surface area contributed by atoms with Gasteiger partial charge in [0.1, 0.15) is 0 Å². The molecule has 0 radical (unpaired) electrons. The Kier molecular flexibility index (Phi) is 3.09. The number of rotatable bonds is 4. The molecule has 1 amide bonds. The smallest absolute Gasteiger partial charge is 0.243 e. The van der Waals surface area contributed by atoms with E-state index in [2.05, 4.69) is 24.5 Å². The number of hydrogen-bond donors (Lipinski definition) is 2. The molecule has 13 heavy (non-hydrogen) atoms. The molecule has 3 nitrogen and oxygen atoms in total. The summed E-state index contributed by atoms with van der Waals surface area (Å²) in [7, 11) is 1.63. The predicted molar refractivity (Wildman–Crippen MR) is 53.4 cm³/mol. The first-order valence-electron chi connectivity index (χ1n) is 4.72. The second-order valence-electron chi connectivity index (χ2n) is 4.09. The van der Waals surface area contributed by atoms with Crippen LogP contribution in [0.3, 0.4) is 0 Å². The van der Waals surface area contributed by atoms with Crippen LogP contribution in [0.2, 0.25) is 0 Å². The summed E-state index contributed by atoms with van der Waals surface area (Å²) in [4.78, 5) is 10.9. The number of carbonyl (C=O) groups is 1. The van der Waals surface area contributed by atoms with E-state index in [0.717, 1.165) is 0 Å². The molecule has 0 aromatic heterocycles. The average Bonchev–Trinajstić information content (AvgIpc) is 2.83. The zero-order valence-corrected chi connectivity index (χ0v) is 8.55. The van der Waals surface area contributed by atoms with Crippen LogP contribution in [0.1, 0.15) is 26.7 Å². The molecule has 0 saturated heterocycles. The van der Waals surface area contributed by atoms with Gasteiger partial charge in [-0.1, -0.05) is 6.08 Å². The highest BCUT2D eigenvalue weighted by Gasteiger charge is 2.27. The molecule has 2 N–H and O–H groups in total. The Morgan fingerprint density at radius 3 is 2.54 bits per heavy atom. The minimum absolute atomic E-state index is 0.0503. The number of likely N-dealkylation sites (N-methyl/N-ethyl adjacent to an activating group) is 1. The van der Waals surface area contributed by atoms with Crippen molar-refractivity contribution in [2.75, 3.05) is 7.05 Å². The average molecular weight is 182 g/mol. The SMILES string of the molecule is CNC(=O)C=CC(C)(C)NC1CC1. The molecule has 0 spiro atoms. The molecule has 0 atom stereocenters. The monoisotopic (exact) mass is 182 g/mol. The third-order valence-electron chi connectivity index (χ3n) is 2.05. The Morgan fingerprint density at radius 1 is 1.46 bits per heavy atom. The Labute approximate surface area is 79.6 Å². The third kappa shape index (κ3) is 4.08. The standard InChI is InChI=1S/C10H18N2O/c1-10(2,12-8-4-5-8)7-6-9(13)11-3/h6-8,12H,4-5H2,1-3H3,(H,11,13). The molecule has 0 aromatic rings. The van der Waals surface area contributed by atoms with E-state index in [9.17, 15) is 4.79 Å². The van der Waals surface area contributed by atoms with Crippen LogP contribution >= 0.6 is 0 Å². The van der Waals surface area contributed by atoms with E-state index in [1.165, 1.54) is 12.8 Å². The van der Waals surface area contributed by atoms with E-state index >= 15 is 0 Å². The molecule has 1 aliphatic carbocycles. The van der Waals surface area contributed by atoms with Crippen LogP contribution in [0.25, 0.3) is 0 Å². The second-order valence-corrected chi connectivity index (χ2v) is 4.09. The van der Waals surface area contributed by atoms with Crippen molar-refractivity contribution in [3.63, 3.8) is 0 Å². The van der Waals surface area contributed by atoms with Crippen LogP contribution in [-0.4, -0.2) is 24.5 Å². The second kappa shape index (κ2) is 3.92. The number of amides is 1. The molecule has 0 unspecified atom stereocenters. The summed E-state index contributed by atoms with van der Waals surface area (Å²) in [5.41, 5.74) is -0.0757. The van der Waals surface area contributed by atoms with Crippen LogP contribution in [0.15, 0.2) is 12.2 Å². The van der Waals surface area contributed by atoms with Crippen molar-refractivity contribution >= 4 is 5.91 Å². The van der Waals surface area contributed by atoms with Crippen molar-refractivity contribution in [1.29, 1.82) is 0 Å². The van der Waals surface area contributed by atoms with Gasteiger partial charge in [-0.05, 0) is 26.7 Å². The van der Waals surface area contributed by atoms with Gasteiger partial charge in [-0.25, -0.2) is 0 Å². The molecule has 0 aliphatic heterocycles. The molecule has 74 valence electrons. The molecule has 0 bridgehead atoms. The van der Waals surface area contributed by atoms with Gasteiger partial charge in [0.2, 0.25) is 5.91 Å². The Hall–Kier alpha value is -0.830. The maximum atomic E-state index is 10.9. The molecule has 1 fully saturated rings. The largest absolute Gasteiger partial charge is 0.356 e. The lowest BCUT2D eigenvalue weighted by Crippen LogP contribution is -2.39. The Morgan fingerprint density at radius 2 is 2.08 bits per heavy atom. The van der Waals surface area contributed by atoms with Crippen molar-refractivity contribution < 1.29 is 4.79 Å². The van der Waals surface area contributed by atoms with Gasteiger partial charge in [0.25, 0.3) is 0 Å². The van der Waals surface area contributed by atoms with Crippen LogP contribution in [0.4, 0.5) is 0 Å². The van der Waals surface area contributed by atoms with Crippen molar-refractivity contribution in [3.8, 4) is 0 Å². The van der Waals surface area contributed by atoms with Crippen LogP contribution < -0.4 is 10.6 Å². The Balaban J connectivity index is 2.38. The summed E-state index contributed by atoms with van der Waals surface area (Å²) in [5.74, 6) is -0.0503. The third-order valence-corrected chi connectivity index (χ3v) is 2.05. The van der Waals surface area contributed by atoms with E-state index in [0.29, 0.717) is 6.04 Å². The fourth-order valence-electron chi connectivity index (χ4n) is 1.17. The van der Waals surface area contributed by atoms with Gasteiger partial charge < -0.3 is 10.6 Å². The van der Waals surface area contributed by atoms with Crippen molar-refractivity contribution in [2.45, 2.75) is 38.3 Å². The molecule has 1 saturated carbocycles. The lowest BCUT2D eigenvalue weighted by atomic mass is 10.0. The van der Waals surface area contributed by atoms with E-state index < -0.39 is 0 Å². The van der Waals surface area contributed by atoms with Gasteiger partial charge in [0.05, 0.1) is 0 Å². The zero-order chi connectivity index (χ0) is 9.90. The molecule has 3 heteroatoms. The van der Waals surface area contributed by atoms with E-state index in [1.807, 2.05) is 6.08 Å². The molecular weight excluding hydrogens is 164 g/mol. The van der Waals surface area contributed by atoms with Gasteiger partial charge in [0, 0.05) is 24.7 Å². The minimum atomic E-state index is -0.0757. The highest BCUT2D eigenvalue weighted by molar-refractivity contribution is 5.87. The van der Waals surface area contributed by atoms with E-state index in [1.54, 1.807) is 13.1 Å². The number of hydrogen-bond acceptors (Lipinski definition) is 2. The first-order valence-corrected chi connectivity index (χ1v) is 4.72. The molecular formula is C10H18N2O. The van der Waals surface area contributed by atoms with Crippen LogP contribution in [0, 0.1) is 0 Å². The highest BCUT2D eigenvalue weighted by Crippen LogP contribution is 2.22. The summed E-state index contributed by atoms with van der Waals surface area (Å²) in [5, 5.41) is 6.00. The van der Waals surface area contributed by atoms with Gasteiger partial charge in [-0.3, -0.25) is 4.79 Å². The topological polar surface area (TPSA) is 41.1 Å². The van der Waals surface area contributed by atoms with Crippen LogP contribution in [0.5, 0.6) is 0 Å². The highest BCUT2D eigenvalue weighted by atomic mass is 16.1. The fourth-order valence-corrected chi connectivity index (χ4v) is 1.17. The summed E-state index contributed by atoms with van der Waals surface area (Å²) >= 11 is 0. The summed E-state index contributed by atoms with van der Waals surface area (Å²) in [6.45, 7) is 4.15. The normalized spacial score (nSPS) is 17.8. The maximum Gasteiger partial charge on any atom is 0.243 e. The zero-order valence-electron chi connectivity index (χ0n) is 8.55. The van der Waals surface area contributed by atoms with Gasteiger partial charge in [-0.15, -0.1) is 0 Å². The van der Waals surface area contributed by atoms with E-state index in [-0.39, 0.29) is 11.4 Å². The van der Waals surface area contributed by atoms with E-state index in [4.69, 9.17) is 0 Å². The summed E-state index contributed by atoms with van der Waals surface area (Å²) in [6, 6.07) is 0.657. The quantitative estimate of drug-likeness (QED) is 0.632. The van der Waals surface area contributed by atoms with Crippen molar-refractivity contribution in [3.05, 3.63) is 12.2 Å². The molecule has 1 aliphatic rings. The maximum absolute atomic E-state index is 10.9. The number of nitrogens with one attached hydrogen (secondary N) is 2. The summed E-state index contributed by atoms with van der Waals surface area (Å²) < 4.78 is 0. The Bertz CT molecular complexity index is 217. The fraction of sp³-hybridized carbons (Fsp3) is 0.700. The minimum Gasteiger partial charge on any atom is -0.356 e. The first kappa shape index (κ1) is 10.3. The lowest BCUT2D eigenvalue weighted by Gasteiger charge is -2.21. The van der Waals surface area contributed by atoms with Gasteiger partial charge in [0.15, 0.2) is 0 Å². The first-order chi connectivity index (χ1) is 6.03. The lowest BCUT2D eigenvalue weighted by molar-refractivity contribution is -0.116. The van der Waals surface area contributed by atoms with Crippen molar-refractivity contribution in [1.82, 2.24) is 10.6 Å². The predicted octanol–water partition coefficient (Wildman–Crippen LogP) is 0.819. The molecule has 0 aromatic carbocycles. The molecule has 0 heterocycles. The number of carbonyl (C=O) groups excluding carboxylic acids is 1. The van der Waals surface area contributed by atoms with Crippen molar-refractivity contribution in [2.24, 2.45) is 0 Å². The van der Waals surface area contributed by atoms with Gasteiger partial charge in [-0.2, -0.15) is 0 Å².